The molecule has 0 spiro atoms. The molecule has 0 saturated carbocycles. The summed E-state index contributed by atoms with van der Waals surface area (Å²) in [5, 5.41) is 0. The van der Waals surface area contributed by atoms with Crippen LogP contribution in [0.4, 0.5) is 0 Å². The van der Waals surface area contributed by atoms with Gasteiger partial charge in [-0.1, -0.05) is 6.58 Å². The van der Waals surface area contributed by atoms with Gasteiger partial charge in [0.15, 0.2) is 0 Å². The lowest BCUT2D eigenvalue weighted by atomic mass is 10.2. The van der Waals surface area contributed by atoms with Crippen LogP contribution in [0.15, 0.2) is 17.1 Å². The maximum absolute atomic E-state index is 5.38. The van der Waals surface area contributed by atoms with Gasteiger partial charge in [0.1, 0.15) is 11.5 Å². The molecule has 0 aromatic carbocycles. The van der Waals surface area contributed by atoms with Crippen molar-refractivity contribution in [3.05, 3.63) is 29.7 Å². The van der Waals surface area contributed by atoms with Crippen molar-refractivity contribution in [3.63, 3.8) is 0 Å². The van der Waals surface area contributed by atoms with Crippen LogP contribution in [-0.2, 0) is 0 Å². The summed E-state index contributed by atoms with van der Waals surface area (Å²) in [6.07, 6.45) is 0. The minimum Gasteiger partial charge on any atom is -0.461 e. The topological polar surface area (TPSA) is 13.1 Å². The highest BCUT2D eigenvalue weighted by Crippen LogP contribution is 2.18. The van der Waals surface area contributed by atoms with E-state index in [9.17, 15) is 0 Å². The monoisotopic (exact) mass is 136 g/mol. The summed E-state index contributed by atoms with van der Waals surface area (Å²) in [5.74, 6) is 1.88. The van der Waals surface area contributed by atoms with Crippen LogP contribution < -0.4 is 0 Å². The standard InChI is InChI=1S/C9H12O/c1-6(2)9-5-7(3)8(4)10-9/h5H,1H2,2-4H3. The molecule has 1 heterocycles. The van der Waals surface area contributed by atoms with E-state index in [1.54, 1.807) is 0 Å². The van der Waals surface area contributed by atoms with E-state index >= 15 is 0 Å². The Morgan fingerprint density at radius 2 is 2.10 bits per heavy atom. The molecule has 0 radical (unpaired) electrons. The molecule has 54 valence electrons. The van der Waals surface area contributed by atoms with Gasteiger partial charge < -0.3 is 4.42 Å². The molecule has 0 unspecified atom stereocenters. The minimum absolute atomic E-state index is 0.898. The molecule has 0 atom stereocenters. The average molecular weight is 136 g/mol. The smallest absolute Gasteiger partial charge is 0.129 e. The van der Waals surface area contributed by atoms with Crippen LogP contribution in [0.1, 0.15) is 24.0 Å². The Kier molecular flexibility index (Phi) is 1.66. The zero-order valence-corrected chi connectivity index (χ0v) is 6.69. The molecule has 1 aromatic rings. The predicted octanol–water partition coefficient (Wildman–Crippen LogP) is 2.93. The number of rotatable bonds is 1. The number of hydrogen-bond donors (Lipinski definition) is 0. The van der Waals surface area contributed by atoms with E-state index < -0.39 is 0 Å². The van der Waals surface area contributed by atoms with Crippen molar-refractivity contribution in [1.29, 1.82) is 0 Å². The summed E-state index contributed by atoms with van der Waals surface area (Å²) in [6.45, 7) is 9.72. The predicted molar refractivity (Wildman–Crippen MR) is 42.9 cm³/mol. The molecule has 1 aromatic heterocycles. The van der Waals surface area contributed by atoms with Crippen LogP contribution in [0.3, 0.4) is 0 Å². The van der Waals surface area contributed by atoms with Crippen molar-refractivity contribution in [2.24, 2.45) is 0 Å². The summed E-state index contributed by atoms with van der Waals surface area (Å²) >= 11 is 0. The van der Waals surface area contributed by atoms with Crippen LogP contribution in [0.5, 0.6) is 0 Å². The molecule has 0 aliphatic carbocycles. The lowest BCUT2D eigenvalue weighted by molar-refractivity contribution is 0.519. The Morgan fingerprint density at radius 1 is 1.50 bits per heavy atom. The summed E-state index contributed by atoms with van der Waals surface area (Å²) in [4.78, 5) is 0. The molecule has 0 amide bonds. The van der Waals surface area contributed by atoms with Crippen molar-refractivity contribution in [2.75, 3.05) is 0 Å². The molecule has 1 rings (SSSR count). The molecule has 0 aliphatic heterocycles. The van der Waals surface area contributed by atoms with E-state index in [2.05, 4.69) is 6.58 Å². The fourth-order valence-corrected chi connectivity index (χ4v) is 0.783. The number of furan rings is 1. The molecule has 0 aliphatic rings. The Morgan fingerprint density at radius 3 is 2.30 bits per heavy atom. The fraction of sp³-hybridized carbons (Fsp3) is 0.333. The van der Waals surface area contributed by atoms with E-state index in [-0.39, 0.29) is 0 Å². The Bertz CT molecular complexity index is 236. The van der Waals surface area contributed by atoms with Gasteiger partial charge in [-0.3, -0.25) is 0 Å². The highest BCUT2D eigenvalue weighted by molar-refractivity contribution is 5.57. The minimum atomic E-state index is 0.898. The maximum atomic E-state index is 5.38. The molecule has 10 heavy (non-hydrogen) atoms. The van der Waals surface area contributed by atoms with Gasteiger partial charge in [0.05, 0.1) is 0 Å². The van der Waals surface area contributed by atoms with Crippen molar-refractivity contribution >= 4 is 5.57 Å². The number of hydrogen-bond acceptors (Lipinski definition) is 1. The van der Waals surface area contributed by atoms with Gasteiger partial charge >= 0.3 is 0 Å². The Hall–Kier alpha value is -0.980. The number of allylic oxidation sites excluding steroid dienone is 1. The second kappa shape index (κ2) is 2.33. The third-order valence-electron chi connectivity index (χ3n) is 1.59. The van der Waals surface area contributed by atoms with Gasteiger partial charge in [0.25, 0.3) is 0 Å². The zero-order chi connectivity index (χ0) is 7.72. The van der Waals surface area contributed by atoms with Gasteiger partial charge in [-0.05, 0) is 38.0 Å². The third kappa shape index (κ3) is 1.13. The molecule has 0 N–H and O–H groups in total. The van der Waals surface area contributed by atoms with Crippen molar-refractivity contribution in [2.45, 2.75) is 20.8 Å². The van der Waals surface area contributed by atoms with E-state index in [1.807, 2.05) is 26.8 Å². The van der Waals surface area contributed by atoms with Gasteiger partial charge in [-0.2, -0.15) is 0 Å². The first-order chi connectivity index (χ1) is 4.61. The lowest BCUT2D eigenvalue weighted by Crippen LogP contribution is -1.66. The van der Waals surface area contributed by atoms with Crippen molar-refractivity contribution < 1.29 is 4.42 Å². The zero-order valence-electron chi connectivity index (χ0n) is 6.69. The van der Waals surface area contributed by atoms with Gasteiger partial charge in [-0.15, -0.1) is 0 Å². The molecular formula is C9H12O. The largest absolute Gasteiger partial charge is 0.461 e. The van der Waals surface area contributed by atoms with Gasteiger partial charge in [0.2, 0.25) is 0 Å². The lowest BCUT2D eigenvalue weighted by Gasteiger charge is -1.88. The third-order valence-corrected chi connectivity index (χ3v) is 1.59. The van der Waals surface area contributed by atoms with Crippen molar-refractivity contribution in [3.8, 4) is 0 Å². The second-order valence-corrected chi connectivity index (χ2v) is 2.63. The highest BCUT2D eigenvalue weighted by atomic mass is 16.3. The average Bonchev–Trinajstić information content (AvgIpc) is 2.13. The first kappa shape index (κ1) is 7.13. The summed E-state index contributed by atoms with van der Waals surface area (Å²) in [6, 6.07) is 2.01. The quantitative estimate of drug-likeness (QED) is 0.578. The van der Waals surface area contributed by atoms with E-state index in [0.717, 1.165) is 17.1 Å². The SMILES string of the molecule is C=C(C)c1cc(C)c(C)o1. The summed E-state index contributed by atoms with van der Waals surface area (Å²) in [7, 11) is 0. The van der Waals surface area contributed by atoms with Crippen LogP contribution in [0.2, 0.25) is 0 Å². The van der Waals surface area contributed by atoms with Gasteiger partial charge in [-0.25, -0.2) is 0 Å². The van der Waals surface area contributed by atoms with Crippen LogP contribution in [-0.4, -0.2) is 0 Å². The molecule has 0 fully saturated rings. The molecule has 1 heteroatoms. The maximum Gasteiger partial charge on any atom is 0.129 e. The van der Waals surface area contributed by atoms with Crippen LogP contribution in [0.25, 0.3) is 5.57 Å². The molecule has 0 bridgehead atoms. The Balaban J connectivity index is 3.10. The highest BCUT2D eigenvalue weighted by Gasteiger charge is 2.01. The van der Waals surface area contributed by atoms with E-state index in [0.29, 0.717) is 0 Å². The van der Waals surface area contributed by atoms with E-state index in [4.69, 9.17) is 4.42 Å². The number of aryl methyl sites for hydroxylation is 2. The second-order valence-electron chi connectivity index (χ2n) is 2.63. The van der Waals surface area contributed by atoms with Crippen LogP contribution >= 0.6 is 0 Å². The molecular weight excluding hydrogens is 124 g/mol. The summed E-state index contributed by atoms with van der Waals surface area (Å²) in [5.41, 5.74) is 2.18. The van der Waals surface area contributed by atoms with Crippen LogP contribution in [0, 0.1) is 13.8 Å². The van der Waals surface area contributed by atoms with Crippen molar-refractivity contribution in [1.82, 2.24) is 0 Å². The molecule has 1 nitrogen and oxygen atoms in total. The first-order valence-corrected chi connectivity index (χ1v) is 3.34. The van der Waals surface area contributed by atoms with Gasteiger partial charge in [0, 0.05) is 0 Å². The van der Waals surface area contributed by atoms with E-state index in [1.165, 1.54) is 5.56 Å². The summed E-state index contributed by atoms with van der Waals surface area (Å²) < 4.78 is 5.38. The fourth-order valence-electron chi connectivity index (χ4n) is 0.783. The normalized spacial score (nSPS) is 9.90. The first-order valence-electron chi connectivity index (χ1n) is 3.34. The molecule has 0 saturated heterocycles. The Labute approximate surface area is 61.4 Å².